The normalized spacial score (nSPS) is 12.1. The Hall–Kier alpha value is -2.43. The molecule has 0 radical (unpaired) electrons. The molecule has 0 aliphatic heterocycles. The topological polar surface area (TPSA) is 82.7 Å². The molecule has 0 saturated heterocycles. The number of hydrogen-bond acceptors (Lipinski definition) is 4. The molecule has 1 unspecified atom stereocenters. The zero-order chi connectivity index (χ0) is 14.0. The molecule has 2 rings (SSSR count). The van der Waals surface area contributed by atoms with Gasteiger partial charge >= 0.3 is 0 Å². The second-order valence-electron chi connectivity index (χ2n) is 4.38. The van der Waals surface area contributed by atoms with Gasteiger partial charge < -0.3 is 19.9 Å². The van der Waals surface area contributed by atoms with Gasteiger partial charge in [-0.25, -0.2) is 0 Å². The van der Waals surface area contributed by atoms with Crippen molar-refractivity contribution >= 4 is 5.91 Å². The maximum Gasteiger partial charge on any atom is 0.252 e. The number of carbonyl (C=O) groups is 1. The maximum atomic E-state index is 12.0. The fourth-order valence-corrected chi connectivity index (χ4v) is 1.76. The molecule has 2 aromatic rings. The summed E-state index contributed by atoms with van der Waals surface area (Å²) < 4.78 is 5.42. The SMILES string of the molecule is Cc1ccc(C(C)NC(=O)c2cc(O)cc(O)c2)o1. The van der Waals surface area contributed by atoms with Gasteiger partial charge in [0.25, 0.3) is 5.91 Å². The molecule has 3 N–H and O–H groups in total. The number of amides is 1. The molecule has 0 aliphatic rings. The van der Waals surface area contributed by atoms with Crippen molar-refractivity contribution in [1.29, 1.82) is 0 Å². The van der Waals surface area contributed by atoms with Gasteiger partial charge in [-0.3, -0.25) is 4.79 Å². The molecule has 1 heterocycles. The van der Waals surface area contributed by atoms with Crippen LogP contribution in [0.15, 0.2) is 34.7 Å². The van der Waals surface area contributed by atoms with Gasteiger partial charge in [0, 0.05) is 11.6 Å². The summed E-state index contributed by atoms with van der Waals surface area (Å²) >= 11 is 0. The Morgan fingerprint density at radius 3 is 2.37 bits per heavy atom. The Bertz CT molecular complexity index is 583. The Balaban J connectivity index is 2.12. The first kappa shape index (κ1) is 13.0. The Morgan fingerprint density at radius 1 is 1.21 bits per heavy atom. The van der Waals surface area contributed by atoms with Crippen molar-refractivity contribution in [2.45, 2.75) is 19.9 Å². The number of carbonyl (C=O) groups excluding carboxylic acids is 1. The lowest BCUT2D eigenvalue weighted by molar-refractivity contribution is 0.0934. The van der Waals surface area contributed by atoms with Gasteiger partial charge in [0.1, 0.15) is 23.0 Å². The maximum absolute atomic E-state index is 12.0. The van der Waals surface area contributed by atoms with Gasteiger partial charge in [-0.05, 0) is 38.1 Å². The fourth-order valence-electron chi connectivity index (χ4n) is 1.76. The molecular weight excluding hydrogens is 246 g/mol. The van der Waals surface area contributed by atoms with Crippen LogP contribution in [-0.4, -0.2) is 16.1 Å². The Kier molecular flexibility index (Phi) is 3.46. The van der Waals surface area contributed by atoms with Crippen LogP contribution in [0, 0.1) is 6.92 Å². The number of furan rings is 1. The molecule has 5 nitrogen and oxygen atoms in total. The number of nitrogens with one attached hydrogen (secondary N) is 1. The predicted octanol–water partition coefficient (Wildman–Crippen LogP) is 2.49. The average Bonchev–Trinajstić information content (AvgIpc) is 2.74. The second kappa shape index (κ2) is 5.06. The number of phenols is 2. The lowest BCUT2D eigenvalue weighted by atomic mass is 10.1. The first-order chi connectivity index (χ1) is 8.95. The highest BCUT2D eigenvalue weighted by Crippen LogP contribution is 2.21. The lowest BCUT2D eigenvalue weighted by Crippen LogP contribution is -2.26. The third-order valence-electron chi connectivity index (χ3n) is 2.70. The van der Waals surface area contributed by atoms with Crippen LogP contribution < -0.4 is 5.32 Å². The van der Waals surface area contributed by atoms with E-state index in [1.165, 1.54) is 12.1 Å². The van der Waals surface area contributed by atoms with E-state index in [2.05, 4.69) is 5.32 Å². The van der Waals surface area contributed by atoms with Crippen LogP contribution in [0.2, 0.25) is 0 Å². The zero-order valence-corrected chi connectivity index (χ0v) is 10.7. The summed E-state index contributed by atoms with van der Waals surface area (Å²) in [4.78, 5) is 12.0. The number of benzene rings is 1. The van der Waals surface area contributed by atoms with Crippen LogP contribution in [0.25, 0.3) is 0 Å². The minimum absolute atomic E-state index is 0.161. The monoisotopic (exact) mass is 261 g/mol. The molecular formula is C14H15NO4. The van der Waals surface area contributed by atoms with Gasteiger partial charge in [-0.2, -0.15) is 0 Å². The summed E-state index contributed by atoms with van der Waals surface area (Å²) in [7, 11) is 0. The number of phenolic OH excluding ortho intramolecular Hbond substituents is 2. The third kappa shape index (κ3) is 3.07. The van der Waals surface area contributed by atoms with Gasteiger partial charge in [-0.1, -0.05) is 0 Å². The molecule has 0 fully saturated rings. The van der Waals surface area contributed by atoms with E-state index in [-0.39, 0.29) is 23.1 Å². The molecule has 0 bridgehead atoms. The van der Waals surface area contributed by atoms with Crippen LogP contribution in [0.3, 0.4) is 0 Å². The highest BCUT2D eigenvalue weighted by atomic mass is 16.3. The molecule has 1 atom stereocenters. The van der Waals surface area contributed by atoms with Gasteiger partial charge in [0.2, 0.25) is 0 Å². The van der Waals surface area contributed by atoms with E-state index in [0.717, 1.165) is 11.8 Å². The number of hydrogen-bond donors (Lipinski definition) is 3. The van der Waals surface area contributed by atoms with Gasteiger partial charge in [0.15, 0.2) is 0 Å². The van der Waals surface area contributed by atoms with E-state index in [1.54, 1.807) is 13.0 Å². The van der Waals surface area contributed by atoms with E-state index >= 15 is 0 Å². The summed E-state index contributed by atoms with van der Waals surface area (Å²) in [6, 6.07) is 7.05. The van der Waals surface area contributed by atoms with E-state index in [0.29, 0.717) is 5.76 Å². The molecule has 19 heavy (non-hydrogen) atoms. The lowest BCUT2D eigenvalue weighted by Gasteiger charge is -2.12. The second-order valence-corrected chi connectivity index (χ2v) is 4.38. The first-order valence-electron chi connectivity index (χ1n) is 5.86. The number of aryl methyl sites for hydroxylation is 1. The highest BCUT2D eigenvalue weighted by Gasteiger charge is 2.15. The van der Waals surface area contributed by atoms with Crippen molar-refractivity contribution in [2.75, 3.05) is 0 Å². The summed E-state index contributed by atoms with van der Waals surface area (Å²) in [5.41, 5.74) is 0.188. The third-order valence-corrected chi connectivity index (χ3v) is 2.70. The van der Waals surface area contributed by atoms with E-state index in [1.807, 2.05) is 13.0 Å². The van der Waals surface area contributed by atoms with Crippen LogP contribution in [-0.2, 0) is 0 Å². The van der Waals surface area contributed by atoms with Crippen molar-refractivity contribution in [1.82, 2.24) is 5.32 Å². The summed E-state index contributed by atoms with van der Waals surface area (Å²) in [6.45, 7) is 3.62. The summed E-state index contributed by atoms with van der Waals surface area (Å²) in [6.07, 6.45) is 0. The molecule has 5 heteroatoms. The van der Waals surface area contributed by atoms with E-state index < -0.39 is 5.91 Å². The molecule has 100 valence electrons. The largest absolute Gasteiger partial charge is 0.508 e. The number of rotatable bonds is 3. The molecule has 0 saturated carbocycles. The fraction of sp³-hybridized carbons (Fsp3) is 0.214. The molecule has 1 aromatic carbocycles. The van der Waals surface area contributed by atoms with Crippen LogP contribution in [0.4, 0.5) is 0 Å². The van der Waals surface area contributed by atoms with Crippen LogP contribution in [0.1, 0.15) is 34.8 Å². The van der Waals surface area contributed by atoms with Crippen molar-refractivity contribution in [3.05, 3.63) is 47.4 Å². The minimum atomic E-state index is -0.396. The number of aromatic hydroxyl groups is 2. The average molecular weight is 261 g/mol. The molecule has 0 aliphatic carbocycles. The molecule has 1 aromatic heterocycles. The predicted molar refractivity (Wildman–Crippen MR) is 69.1 cm³/mol. The van der Waals surface area contributed by atoms with E-state index in [9.17, 15) is 15.0 Å². The van der Waals surface area contributed by atoms with Crippen molar-refractivity contribution in [3.8, 4) is 11.5 Å². The van der Waals surface area contributed by atoms with E-state index in [4.69, 9.17) is 4.42 Å². The minimum Gasteiger partial charge on any atom is -0.508 e. The highest BCUT2D eigenvalue weighted by molar-refractivity contribution is 5.95. The Labute approximate surface area is 110 Å². The van der Waals surface area contributed by atoms with Crippen LogP contribution in [0.5, 0.6) is 11.5 Å². The first-order valence-corrected chi connectivity index (χ1v) is 5.86. The summed E-state index contributed by atoms with van der Waals surface area (Å²) in [5, 5.41) is 21.4. The molecule has 1 amide bonds. The van der Waals surface area contributed by atoms with Crippen LogP contribution >= 0.6 is 0 Å². The quantitative estimate of drug-likeness (QED) is 0.792. The standard InChI is InChI=1S/C14H15NO4/c1-8-3-4-13(19-8)9(2)15-14(18)10-5-11(16)7-12(17)6-10/h3-7,9,16-17H,1-2H3,(H,15,18). The zero-order valence-electron chi connectivity index (χ0n) is 10.7. The van der Waals surface area contributed by atoms with Gasteiger partial charge in [0.05, 0.1) is 6.04 Å². The molecule has 0 spiro atoms. The smallest absolute Gasteiger partial charge is 0.252 e. The van der Waals surface area contributed by atoms with Crippen molar-refractivity contribution in [3.63, 3.8) is 0 Å². The Morgan fingerprint density at radius 2 is 1.84 bits per heavy atom. The van der Waals surface area contributed by atoms with Crippen molar-refractivity contribution in [2.24, 2.45) is 0 Å². The van der Waals surface area contributed by atoms with Crippen molar-refractivity contribution < 1.29 is 19.4 Å². The summed E-state index contributed by atoms with van der Waals surface area (Å²) in [5.74, 6) is 0.701. The van der Waals surface area contributed by atoms with Gasteiger partial charge in [-0.15, -0.1) is 0 Å².